The third-order valence-corrected chi connectivity index (χ3v) is 1.52. The Balaban J connectivity index is 3.27. The number of rotatable bonds is 1. The summed E-state index contributed by atoms with van der Waals surface area (Å²) in [5, 5.41) is 8.89. The molecule has 0 aliphatic rings. The van der Waals surface area contributed by atoms with Gasteiger partial charge in [0.15, 0.2) is 17.5 Å². The van der Waals surface area contributed by atoms with Gasteiger partial charge in [-0.3, -0.25) is 0 Å². The second kappa shape index (κ2) is 3.15. The van der Waals surface area contributed by atoms with E-state index in [0.29, 0.717) is 0 Å². The average molecular weight is 176 g/mol. The van der Waals surface area contributed by atoms with E-state index in [2.05, 4.69) is 0 Å². The van der Waals surface area contributed by atoms with E-state index in [0.717, 1.165) is 12.1 Å². The summed E-state index contributed by atoms with van der Waals surface area (Å²) in [7, 11) is 0. The third-order valence-electron chi connectivity index (χ3n) is 1.52. The van der Waals surface area contributed by atoms with Crippen molar-refractivity contribution in [3.05, 3.63) is 35.1 Å². The Labute approximate surface area is 67.5 Å². The Morgan fingerprint density at radius 2 is 1.75 bits per heavy atom. The van der Waals surface area contributed by atoms with E-state index in [1.165, 1.54) is 6.92 Å². The number of aliphatic hydroxyl groups excluding tert-OH is 1. The molecule has 1 rings (SSSR count). The first kappa shape index (κ1) is 9.06. The second-order valence-corrected chi connectivity index (χ2v) is 2.44. The molecule has 1 aromatic carbocycles. The van der Waals surface area contributed by atoms with Crippen LogP contribution in [0.25, 0.3) is 0 Å². The molecule has 0 bridgehead atoms. The van der Waals surface area contributed by atoms with Crippen molar-refractivity contribution in [2.75, 3.05) is 0 Å². The summed E-state index contributed by atoms with van der Waals surface area (Å²) in [5.41, 5.74) is -0.242. The zero-order chi connectivity index (χ0) is 9.30. The van der Waals surface area contributed by atoms with Crippen molar-refractivity contribution in [3.8, 4) is 0 Å². The van der Waals surface area contributed by atoms with Crippen molar-refractivity contribution in [2.45, 2.75) is 13.0 Å². The molecule has 1 atom stereocenters. The van der Waals surface area contributed by atoms with Crippen LogP contribution in [-0.4, -0.2) is 5.11 Å². The predicted octanol–water partition coefficient (Wildman–Crippen LogP) is 2.16. The lowest BCUT2D eigenvalue weighted by atomic mass is 10.1. The van der Waals surface area contributed by atoms with Gasteiger partial charge in [-0.25, -0.2) is 13.2 Å². The Kier molecular flexibility index (Phi) is 2.38. The molecule has 1 aromatic rings. The van der Waals surface area contributed by atoms with Crippen LogP contribution in [-0.2, 0) is 0 Å². The monoisotopic (exact) mass is 176 g/mol. The van der Waals surface area contributed by atoms with Crippen molar-refractivity contribution in [1.29, 1.82) is 0 Å². The number of hydrogen-bond acceptors (Lipinski definition) is 1. The van der Waals surface area contributed by atoms with Crippen LogP contribution >= 0.6 is 0 Å². The fourth-order valence-corrected chi connectivity index (χ4v) is 0.863. The maximum Gasteiger partial charge on any atom is 0.194 e. The van der Waals surface area contributed by atoms with Crippen molar-refractivity contribution >= 4 is 0 Å². The minimum absolute atomic E-state index is 0.242. The summed E-state index contributed by atoms with van der Waals surface area (Å²) >= 11 is 0. The molecule has 0 saturated heterocycles. The molecular weight excluding hydrogens is 169 g/mol. The van der Waals surface area contributed by atoms with Gasteiger partial charge in [-0.05, 0) is 13.0 Å². The molecule has 12 heavy (non-hydrogen) atoms. The summed E-state index contributed by atoms with van der Waals surface area (Å²) in [6.07, 6.45) is -1.14. The quantitative estimate of drug-likeness (QED) is 0.650. The molecule has 0 spiro atoms. The topological polar surface area (TPSA) is 20.2 Å². The molecule has 1 nitrogen and oxygen atoms in total. The standard InChI is InChI=1S/C8H7F3O/c1-4(12)5-2-3-6(9)8(11)7(5)10/h2-4,12H,1H3/t4-/m1/s1. The molecule has 0 aromatic heterocycles. The lowest BCUT2D eigenvalue weighted by Gasteiger charge is -2.06. The number of aliphatic hydroxyl groups is 1. The van der Waals surface area contributed by atoms with Gasteiger partial charge >= 0.3 is 0 Å². The summed E-state index contributed by atoms with van der Waals surface area (Å²) in [6, 6.07) is 1.79. The molecule has 66 valence electrons. The van der Waals surface area contributed by atoms with E-state index in [1.807, 2.05) is 0 Å². The molecule has 0 unspecified atom stereocenters. The van der Waals surface area contributed by atoms with Crippen LogP contribution in [0.5, 0.6) is 0 Å². The molecule has 1 N–H and O–H groups in total. The molecule has 0 saturated carbocycles. The summed E-state index contributed by atoms with van der Waals surface area (Å²) in [6.45, 7) is 1.27. The minimum Gasteiger partial charge on any atom is -0.389 e. The average Bonchev–Trinajstić information content (AvgIpc) is 2.00. The SMILES string of the molecule is C[C@@H](O)c1ccc(F)c(F)c1F. The van der Waals surface area contributed by atoms with Gasteiger partial charge in [0.05, 0.1) is 6.10 Å². The van der Waals surface area contributed by atoms with Crippen molar-refractivity contribution < 1.29 is 18.3 Å². The van der Waals surface area contributed by atoms with E-state index in [-0.39, 0.29) is 5.56 Å². The Morgan fingerprint density at radius 3 is 2.25 bits per heavy atom. The fourth-order valence-electron chi connectivity index (χ4n) is 0.863. The largest absolute Gasteiger partial charge is 0.389 e. The molecule has 0 radical (unpaired) electrons. The van der Waals surface area contributed by atoms with Crippen molar-refractivity contribution in [2.24, 2.45) is 0 Å². The van der Waals surface area contributed by atoms with E-state index >= 15 is 0 Å². The lowest BCUT2D eigenvalue weighted by Crippen LogP contribution is -2.00. The smallest absolute Gasteiger partial charge is 0.194 e. The van der Waals surface area contributed by atoms with Crippen molar-refractivity contribution in [3.63, 3.8) is 0 Å². The lowest BCUT2D eigenvalue weighted by molar-refractivity contribution is 0.192. The summed E-state index contributed by atoms with van der Waals surface area (Å²) in [5.74, 6) is -4.13. The molecule has 0 fully saturated rings. The van der Waals surface area contributed by atoms with Gasteiger partial charge in [0.25, 0.3) is 0 Å². The van der Waals surface area contributed by atoms with Crippen molar-refractivity contribution in [1.82, 2.24) is 0 Å². The van der Waals surface area contributed by atoms with Crippen LogP contribution in [0.4, 0.5) is 13.2 Å². The second-order valence-electron chi connectivity index (χ2n) is 2.44. The molecule has 0 aliphatic carbocycles. The van der Waals surface area contributed by atoms with Crippen LogP contribution in [0.1, 0.15) is 18.6 Å². The van der Waals surface area contributed by atoms with Gasteiger partial charge in [-0.15, -0.1) is 0 Å². The van der Waals surface area contributed by atoms with E-state index in [4.69, 9.17) is 5.11 Å². The Bertz CT molecular complexity index is 297. The fraction of sp³-hybridized carbons (Fsp3) is 0.250. The van der Waals surface area contributed by atoms with Gasteiger partial charge in [0.2, 0.25) is 0 Å². The highest BCUT2D eigenvalue weighted by molar-refractivity contribution is 5.21. The zero-order valence-corrected chi connectivity index (χ0v) is 6.31. The molecule has 4 heteroatoms. The first-order valence-corrected chi connectivity index (χ1v) is 3.35. The van der Waals surface area contributed by atoms with Gasteiger partial charge in [0.1, 0.15) is 0 Å². The highest BCUT2D eigenvalue weighted by Crippen LogP contribution is 2.20. The molecule has 0 amide bonds. The highest BCUT2D eigenvalue weighted by Gasteiger charge is 2.15. The van der Waals surface area contributed by atoms with E-state index in [1.54, 1.807) is 0 Å². The van der Waals surface area contributed by atoms with Gasteiger partial charge in [-0.1, -0.05) is 6.07 Å². The van der Waals surface area contributed by atoms with Crippen LogP contribution in [0.15, 0.2) is 12.1 Å². The predicted molar refractivity (Wildman–Crippen MR) is 36.9 cm³/mol. The van der Waals surface area contributed by atoms with Crippen LogP contribution in [0.3, 0.4) is 0 Å². The number of hydrogen-bond donors (Lipinski definition) is 1. The van der Waals surface area contributed by atoms with Gasteiger partial charge in [0, 0.05) is 5.56 Å². The first-order valence-electron chi connectivity index (χ1n) is 3.35. The maximum absolute atomic E-state index is 12.7. The summed E-state index contributed by atoms with van der Waals surface area (Å²) in [4.78, 5) is 0. The number of halogens is 3. The van der Waals surface area contributed by atoms with Gasteiger partial charge < -0.3 is 5.11 Å². The van der Waals surface area contributed by atoms with Gasteiger partial charge in [-0.2, -0.15) is 0 Å². The molecule has 0 heterocycles. The van der Waals surface area contributed by atoms with E-state index < -0.39 is 23.6 Å². The Morgan fingerprint density at radius 1 is 1.17 bits per heavy atom. The highest BCUT2D eigenvalue weighted by atomic mass is 19.2. The minimum atomic E-state index is -1.55. The zero-order valence-electron chi connectivity index (χ0n) is 6.31. The van der Waals surface area contributed by atoms with Crippen LogP contribution in [0.2, 0.25) is 0 Å². The number of benzene rings is 1. The molecule has 0 aliphatic heterocycles. The normalized spacial score (nSPS) is 13.1. The van der Waals surface area contributed by atoms with Crippen LogP contribution in [0, 0.1) is 17.5 Å². The van der Waals surface area contributed by atoms with Crippen LogP contribution < -0.4 is 0 Å². The summed E-state index contributed by atoms with van der Waals surface area (Å²) < 4.78 is 37.6. The Hall–Kier alpha value is -1.03. The first-order chi connectivity index (χ1) is 5.54. The van der Waals surface area contributed by atoms with E-state index in [9.17, 15) is 13.2 Å². The third kappa shape index (κ3) is 1.43. The maximum atomic E-state index is 12.7. The molecular formula is C8H7F3O.